The number of aryl methyl sites for hydroxylation is 1. The third-order valence-electron chi connectivity index (χ3n) is 5.29. The van der Waals surface area contributed by atoms with Gasteiger partial charge in [0.2, 0.25) is 0 Å². The average Bonchev–Trinajstić information content (AvgIpc) is 3.09. The summed E-state index contributed by atoms with van der Waals surface area (Å²) >= 11 is 0. The molecule has 0 bridgehead atoms. The molecule has 9 heteroatoms. The van der Waals surface area contributed by atoms with Crippen LogP contribution in [-0.4, -0.2) is 51.5 Å². The molecule has 1 aromatic rings. The van der Waals surface area contributed by atoms with E-state index >= 15 is 0 Å². The number of guanidine groups is 1. The molecule has 164 valence electrons. The molecule has 3 N–H and O–H groups in total. The maximum absolute atomic E-state index is 12.3. The van der Waals surface area contributed by atoms with Crippen molar-refractivity contribution in [3.05, 3.63) is 11.6 Å². The lowest BCUT2D eigenvalue weighted by molar-refractivity contribution is 0.0448. The highest BCUT2D eigenvalue weighted by atomic mass is 16.6. The number of alkyl carbamates (subject to hydrolysis) is 1. The van der Waals surface area contributed by atoms with Gasteiger partial charge >= 0.3 is 6.09 Å². The molecule has 1 amide bonds. The van der Waals surface area contributed by atoms with E-state index in [1.165, 1.54) is 6.42 Å². The maximum Gasteiger partial charge on any atom is 0.408 e. The maximum atomic E-state index is 12.3. The molecule has 1 aliphatic heterocycles. The van der Waals surface area contributed by atoms with Gasteiger partial charge in [-0.05, 0) is 46.5 Å². The van der Waals surface area contributed by atoms with Gasteiger partial charge in [-0.3, -0.25) is 4.99 Å². The minimum Gasteiger partial charge on any atom is -0.444 e. The molecule has 1 aliphatic rings. The summed E-state index contributed by atoms with van der Waals surface area (Å²) in [7, 11) is 1.73. The normalized spacial score (nSPS) is 14.9. The molecule has 1 aromatic heterocycles. The van der Waals surface area contributed by atoms with Crippen molar-refractivity contribution in [1.82, 2.24) is 30.7 Å². The fraction of sp³-hybridized carbons (Fsp3) is 0.800. The number of aliphatic imine (C=N–C) groups is 1. The number of fused-ring (bicyclic) bond motifs is 1. The molecule has 0 saturated carbocycles. The second-order valence-corrected chi connectivity index (χ2v) is 8.53. The van der Waals surface area contributed by atoms with Gasteiger partial charge in [-0.15, -0.1) is 10.2 Å². The molecule has 2 rings (SSSR count). The molecule has 0 unspecified atom stereocenters. The van der Waals surface area contributed by atoms with Crippen LogP contribution in [0.2, 0.25) is 0 Å². The summed E-state index contributed by atoms with van der Waals surface area (Å²) < 4.78 is 7.63. The second-order valence-electron chi connectivity index (χ2n) is 8.53. The highest BCUT2D eigenvalue weighted by molar-refractivity contribution is 5.79. The standard InChI is InChI=1S/C20H37N7O2/c1-7-20(8-2,24-18(28)29-19(3,4)5)14-23-17(21-6)22-13-16-26-25-15-11-9-10-12-27(15)16/h7-14H2,1-6H3,(H,24,28)(H2,21,22,23). The zero-order valence-electron chi connectivity index (χ0n) is 18.8. The topological polar surface area (TPSA) is 105 Å². The molecule has 0 fully saturated rings. The Kier molecular flexibility index (Phi) is 7.87. The lowest BCUT2D eigenvalue weighted by Crippen LogP contribution is -2.57. The Balaban J connectivity index is 1.93. The first-order valence-electron chi connectivity index (χ1n) is 10.6. The van der Waals surface area contributed by atoms with E-state index in [0.29, 0.717) is 19.0 Å². The van der Waals surface area contributed by atoms with Crippen LogP contribution < -0.4 is 16.0 Å². The van der Waals surface area contributed by atoms with Crippen molar-refractivity contribution in [3.8, 4) is 0 Å². The van der Waals surface area contributed by atoms with Crippen molar-refractivity contribution >= 4 is 12.1 Å². The van der Waals surface area contributed by atoms with Gasteiger partial charge in [0.1, 0.15) is 11.4 Å². The number of ether oxygens (including phenoxy) is 1. The van der Waals surface area contributed by atoms with E-state index in [1.807, 2.05) is 20.8 Å². The van der Waals surface area contributed by atoms with Crippen LogP contribution in [0.5, 0.6) is 0 Å². The summed E-state index contributed by atoms with van der Waals surface area (Å²) in [6, 6.07) is 0. The summed E-state index contributed by atoms with van der Waals surface area (Å²) in [4.78, 5) is 16.6. The van der Waals surface area contributed by atoms with Crippen molar-refractivity contribution in [3.63, 3.8) is 0 Å². The Bertz CT molecular complexity index is 702. The van der Waals surface area contributed by atoms with Crippen molar-refractivity contribution in [2.75, 3.05) is 13.6 Å². The van der Waals surface area contributed by atoms with E-state index in [9.17, 15) is 4.79 Å². The predicted octanol–water partition coefficient (Wildman–Crippen LogP) is 2.36. The van der Waals surface area contributed by atoms with Gasteiger partial charge in [-0.1, -0.05) is 13.8 Å². The molecule has 0 spiro atoms. The Hall–Kier alpha value is -2.32. The summed E-state index contributed by atoms with van der Waals surface area (Å²) in [6.07, 6.45) is 4.47. The lowest BCUT2D eigenvalue weighted by Gasteiger charge is -2.34. The minimum absolute atomic E-state index is 0.402. The van der Waals surface area contributed by atoms with Gasteiger partial charge in [-0.2, -0.15) is 0 Å². The van der Waals surface area contributed by atoms with E-state index in [4.69, 9.17) is 4.74 Å². The van der Waals surface area contributed by atoms with Crippen LogP contribution in [0.15, 0.2) is 4.99 Å². The van der Waals surface area contributed by atoms with Gasteiger partial charge < -0.3 is 25.3 Å². The fourth-order valence-electron chi connectivity index (χ4n) is 3.38. The summed E-state index contributed by atoms with van der Waals surface area (Å²) in [5.74, 6) is 2.65. The Morgan fingerprint density at radius 2 is 1.90 bits per heavy atom. The number of nitrogens with zero attached hydrogens (tertiary/aromatic N) is 4. The third kappa shape index (κ3) is 6.61. The molecule has 0 aliphatic carbocycles. The number of hydrogen-bond acceptors (Lipinski definition) is 5. The zero-order chi connectivity index (χ0) is 21.5. The summed E-state index contributed by atoms with van der Waals surface area (Å²) in [5.41, 5.74) is -0.951. The zero-order valence-corrected chi connectivity index (χ0v) is 18.8. The predicted molar refractivity (Wildman–Crippen MR) is 114 cm³/mol. The van der Waals surface area contributed by atoms with Crippen LogP contribution >= 0.6 is 0 Å². The van der Waals surface area contributed by atoms with Crippen LogP contribution in [0.4, 0.5) is 4.79 Å². The average molecular weight is 408 g/mol. The van der Waals surface area contributed by atoms with Gasteiger partial charge in [0.25, 0.3) is 0 Å². The van der Waals surface area contributed by atoms with Crippen LogP contribution in [0.3, 0.4) is 0 Å². The SMILES string of the molecule is CCC(CC)(CNC(=NC)NCc1nnc2n1CCCC2)NC(=O)OC(C)(C)C. The quantitative estimate of drug-likeness (QED) is 0.473. The molecular formula is C20H37N7O2. The Morgan fingerprint density at radius 3 is 2.52 bits per heavy atom. The smallest absolute Gasteiger partial charge is 0.408 e. The number of carbonyl (C=O) groups excluding carboxylic acids is 1. The molecule has 2 heterocycles. The number of rotatable bonds is 7. The first-order chi connectivity index (χ1) is 13.7. The number of amides is 1. The number of hydrogen-bond donors (Lipinski definition) is 3. The van der Waals surface area contributed by atoms with Crippen molar-refractivity contribution < 1.29 is 9.53 Å². The molecule has 29 heavy (non-hydrogen) atoms. The van der Waals surface area contributed by atoms with Gasteiger partial charge in [-0.25, -0.2) is 4.79 Å². The molecule has 0 saturated heterocycles. The molecule has 0 radical (unpaired) electrons. The van der Waals surface area contributed by atoms with Gasteiger partial charge in [0, 0.05) is 26.6 Å². The third-order valence-corrected chi connectivity index (χ3v) is 5.29. The van der Waals surface area contributed by atoms with Crippen LogP contribution in [0.1, 0.15) is 72.0 Å². The molecular weight excluding hydrogens is 370 g/mol. The van der Waals surface area contributed by atoms with Crippen LogP contribution in [0, 0.1) is 0 Å². The van der Waals surface area contributed by atoms with E-state index in [-0.39, 0.29) is 0 Å². The van der Waals surface area contributed by atoms with Gasteiger partial charge in [0.15, 0.2) is 11.8 Å². The van der Waals surface area contributed by atoms with E-state index < -0.39 is 17.2 Å². The largest absolute Gasteiger partial charge is 0.444 e. The minimum atomic E-state index is -0.528. The second kappa shape index (κ2) is 9.93. The highest BCUT2D eigenvalue weighted by Crippen LogP contribution is 2.17. The van der Waals surface area contributed by atoms with E-state index in [2.05, 4.69) is 49.6 Å². The first kappa shape index (κ1) is 23.0. The molecule has 9 nitrogen and oxygen atoms in total. The van der Waals surface area contributed by atoms with Crippen molar-refractivity contribution in [2.24, 2.45) is 4.99 Å². The van der Waals surface area contributed by atoms with E-state index in [0.717, 1.165) is 43.9 Å². The first-order valence-corrected chi connectivity index (χ1v) is 10.6. The van der Waals surface area contributed by atoms with E-state index in [1.54, 1.807) is 7.05 Å². The number of nitrogens with one attached hydrogen (secondary N) is 3. The summed E-state index contributed by atoms with van der Waals surface area (Å²) in [5, 5.41) is 18.3. The van der Waals surface area contributed by atoms with Gasteiger partial charge in [0.05, 0.1) is 12.1 Å². The van der Waals surface area contributed by atoms with Crippen LogP contribution in [0.25, 0.3) is 0 Å². The lowest BCUT2D eigenvalue weighted by atomic mass is 9.93. The molecule has 0 atom stereocenters. The molecule has 0 aromatic carbocycles. The number of aromatic nitrogens is 3. The van der Waals surface area contributed by atoms with Crippen molar-refractivity contribution in [1.29, 1.82) is 0 Å². The highest BCUT2D eigenvalue weighted by Gasteiger charge is 2.30. The summed E-state index contributed by atoms with van der Waals surface area (Å²) in [6.45, 7) is 11.8. The van der Waals surface area contributed by atoms with Crippen LogP contribution in [-0.2, 0) is 24.2 Å². The fourth-order valence-corrected chi connectivity index (χ4v) is 3.38. The Labute approximate surface area is 174 Å². The number of carbonyl (C=O) groups is 1. The monoisotopic (exact) mass is 407 g/mol. The van der Waals surface area contributed by atoms with Crippen molar-refractivity contribution in [2.45, 2.75) is 91.0 Å². The Morgan fingerprint density at radius 1 is 1.17 bits per heavy atom.